The number of esters is 1. The Kier molecular flexibility index (Phi) is 12.0. The zero-order chi connectivity index (χ0) is 37.7. The Labute approximate surface area is 319 Å². The SMILES string of the molecule is C=CCCC(=O)N[C@@H](C)[C@H](OC(=O)[C@H]1[C@@H]2O[C@@]3(CC2Br)[C@@H]1C(=O)N([C@H](CO)c1ccccc1)[C@@H]3C(=O)N(CC=C)Cc1ccccc1)c1ccccc1. The second-order valence-corrected chi connectivity index (χ2v) is 15.1. The first kappa shape index (κ1) is 38.2. The number of likely N-dealkylation sites (tertiary alicyclic amines) is 1. The molecule has 3 heterocycles. The molecule has 3 amide bonds. The molecule has 1 unspecified atom stereocenters. The number of allylic oxidation sites excluding steroid dienone is 1. The number of rotatable bonds is 16. The summed E-state index contributed by atoms with van der Waals surface area (Å²) in [6, 6.07) is 25.1. The number of nitrogens with one attached hydrogen (secondary N) is 1. The number of benzene rings is 3. The van der Waals surface area contributed by atoms with Crippen LogP contribution in [-0.4, -0.2) is 80.4 Å². The Hall–Kier alpha value is -4.58. The molecule has 9 atom stereocenters. The van der Waals surface area contributed by atoms with Gasteiger partial charge in [0.2, 0.25) is 17.7 Å². The molecule has 3 aromatic rings. The van der Waals surface area contributed by atoms with Gasteiger partial charge < -0.3 is 29.7 Å². The monoisotopic (exact) mass is 783 g/mol. The summed E-state index contributed by atoms with van der Waals surface area (Å²) in [6.45, 7) is 9.35. The lowest BCUT2D eigenvalue weighted by molar-refractivity contribution is -0.162. The van der Waals surface area contributed by atoms with Gasteiger partial charge in [0.15, 0.2) is 0 Å². The molecule has 53 heavy (non-hydrogen) atoms. The number of aliphatic hydroxyl groups is 1. The summed E-state index contributed by atoms with van der Waals surface area (Å²) in [4.78, 5) is 60.1. The van der Waals surface area contributed by atoms with Crippen LogP contribution in [0.3, 0.4) is 0 Å². The van der Waals surface area contributed by atoms with Gasteiger partial charge in [-0.1, -0.05) is 119 Å². The van der Waals surface area contributed by atoms with Crippen LogP contribution in [0, 0.1) is 11.8 Å². The first-order valence-electron chi connectivity index (χ1n) is 18.0. The van der Waals surface area contributed by atoms with Crippen LogP contribution in [0.15, 0.2) is 116 Å². The van der Waals surface area contributed by atoms with E-state index in [1.165, 1.54) is 4.90 Å². The summed E-state index contributed by atoms with van der Waals surface area (Å²) >= 11 is 3.75. The normalized spacial score (nSPS) is 25.9. The van der Waals surface area contributed by atoms with Gasteiger partial charge in [-0.2, -0.15) is 0 Å². The minimum Gasteiger partial charge on any atom is -0.455 e. The maximum atomic E-state index is 15.0. The van der Waals surface area contributed by atoms with Gasteiger partial charge in [0, 0.05) is 24.3 Å². The molecule has 10 nitrogen and oxygen atoms in total. The molecule has 3 aliphatic rings. The van der Waals surface area contributed by atoms with E-state index in [9.17, 15) is 14.7 Å². The molecule has 0 aromatic heterocycles. The average molecular weight is 785 g/mol. The predicted octanol–water partition coefficient (Wildman–Crippen LogP) is 5.44. The standard InChI is InChI=1S/C42H46BrN3O7/c1-4-6-22-33(48)44-27(3)36(30-20-14-9-15-21-30)52-41(51)34-35-39(49)46(32(26-47)29-18-12-8-13-19-29)38(42(35)24-31(43)37(34)53-42)40(50)45(23-5-2)25-28-16-10-7-11-17-28/h4-5,7-21,27,31-32,34-38,47H,1-2,6,22-26H2,3H3,(H,44,48)/t27-,31?,32+,34+,35-,36-,37+,38+,42-/m0/s1. The largest absolute Gasteiger partial charge is 0.455 e. The fourth-order valence-corrected chi connectivity index (χ4v) is 9.23. The number of carbonyl (C=O) groups is 4. The molecular weight excluding hydrogens is 738 g/mol. The number of alkyl halides is 1. The number of aliphatic hydroxyl groups excluding tert-OH is 1. The van der Waals surface area contributed by atoms with Gasteiger partial charge in [-0.15, -0.1) is 13.2 Å². The number of nitrogens with zero attached hydrogens (tertiary/aromatic N) is 2. The molecule has 0 aliphatic carbocycles. The number of fused-ring (bicyclic) bond motifs is 1. The van der Waals surface area contributed by atoms with E-state index in [0.717, 1.165) is 5.56 Å². The first-order valence-corrected chi connectivity index (χ1v) is 19.0. The van der Waals surface area contributed by atoms with E-state index in [4.69, 9.17) is 9.47 Å². The number of halogens is 1. The van der Waals surface area contributed by atoms with Crippen LogP contribution in [0.2, 0.25) is 0 Å². The van der Waals surface area contributed by atoms with Crippen molar-refractivity contribution in [1.29, 1.82) is 0 Å². The van der Waals surface area contributed by atoms with Crippen LogP contribution in [-0.2, 0) is 35.2 Å². The van der Waals surface area contributed by atoms with Crippen molar-refractivity contribution in [3.8, 4) is 0 Å². The molecule has 1 spiro atoms. The fraction of sp³-hybridized carbons (Fsp3) is 0.381. The zero-order valence-corrected chi connectivity index (χ0v) is 31.3. The quantitative estimate of drug-likeness (QED) is 0.113. The molecule has 278 valence electrons. The lowest BCUT2D eigenvalue weighted by atomic mass is 9.70. The molecular formula is C42H46BrN3O7. The van der Waals surface area contributed by atoms with E-state index in [2.05, 4.69) is 34.4 Å². The summed E-state index contributed by atoms with van der Waals surface area (Å²) in [5.41, 5.74) is 0.805. The van der Waals surface area contributed by atoms with E-state index in [-0.39, 0.29) is 42.6 Å². The smallest absolute Gasteiger partial charge is 0.313 e. The lowest BCUT2D eigenvalue weighted by Crippen LogP contribution is -2.57. The average Bonchev–Trinajstić information content (AvgIpc) is 3.77. The molecule has 3 aliphatic heterocycles. The van der Waals surface area contributed by atoms with Crippen LogP contribution < -0.4 is 5.32 Å². The second kappa shape index (κ2) is 16.6. The Morgan fingerprint density at radius 1 is 1.02 bits per heavy atom. The summed E-state index contributed by atoms with van der Waals surface area (Å²) in [5.74, 6) is -3.86. The van der Waals surface area contributed by atoms with Gasteiger partial charge in [0.25, 0.3) is 0 Å². The molecule has 0 radical (unpaired) electrons. The molecule has 0 saturated carbocycles. The molecule has 3 saturated heterocycles. The van der Waals surface area contributed by atoms with Crippen LogP contribution >= 0.6 is 15.9 Å². The van der Waals surface area contributed by atoms with Crippen molar-refractivity contribution in [3.05, 3.63) is 133 Å². The van der Waals surface area contributed by atoms with Crippen molar-refractivity contribution in [3.63, 3.8) is 0 Å². The zero-order valence-electron chi connectivity index (χ0n) is 29.8. The van der Waals surface area contributed by atoms with E-state index in [1.54, 1.807) is 36.1 Å². The number of ether oxygens (including phenoxy) is 2. The van der Waals surface area contributed by atoms with Gasteiger partial charge in [-0.3, -0.25) is 19.2 Å². The molecule has 6 rings (SSSR count). The number of hydrogen-bond acceptors (Lipinski definition) is 7. The Balaban J connectivity index is 1.39. The van der Waals surface area contributed by atoms with Crippen LogP contribution in [0.25, 0.3) is 0 Å². The van der Waals surface area contributed by atoms with Gasteiger partial charge in [-0.05, 0) is 36.5 Å². The Bertz CT molecular complexity index is 1790. The Morgan fingerprint density at radius 2 is 1.64 bits per heavy atom. The molecule has 2 bridgehead atoms. The minimum atomic E-state index is -1.40. The van der Waals surface area contributed by atoms with Crippen molar-refractivity contribution >= 4 is 39.6 Å². The lowest BCUT2D eigenvalue weighted by Gasteiger charge is -2.39. The van der Waals surface area contributed by atoms with Gasteiger partial charge >= 0.3 is 5.97 Å². The second-order valence-electron chi connectivity index (χ2n) is 14.0. The van der Waals surface area contributed by atoms with Crippen molar-refractivity contribution in [2.45, 2.75) is 73.5 Å². The van der Waals surface area contributed by atoms with Gasteiger partial charge in [0.05, 0.1) is 36.6 Å². The van der Waals surface area contributed by atoms with Crippen molar-refractivity contribution < 1.29 is 33.8 Å². The third kappa shape index (κ3) is 7.47. The van der Waals surface area contributed by atoms with Crippen molar-refractivity contribution in [2.24, 2.45) is 11.8 Å². The third-order valence-corrected chi connectivity index (χ3v) is 11.4. The highest BCUT2D eigenvalue weighted by molar-refractivity contribution is 9.09. The van der Waals surface area contributed by atoms with Crippen LogP contribution in [0.1, 0.15) is 55.0 Å². The van der Waals surface area contributed by atoms with Gasteiger partial charge in [0.1, 0.15) is 17.7 Å². The van der Waals surface area contributed by atoms with Crippen molar-refractivity contribution in [2.75, 3.05) is 13.2 Å². The number of amides is 3. The fourth-order valence-electron chi connectivity index (χ4n) is 8.29. The highest BCUT2D eigenvalue weighted by atomic mass is 79.9. The van der Waals surface area contributed by atoms with Crippen molar-refractivity contribution in [1.82, 2.24) is 15.1 Å². The maximum Gasteiger partial charge on any atom is 0.313 e. The van der Waals surface area contributed by atoms with E-state index in [0.29, 0.717) is 17.5 Å². The molecule has 3 aromatic carbocycles. The molecule has 3 fully saturated rings. The predicted molar refractivity (Wildman–Crippen MR) is 203 cm³/mol. The maximum absolute atomic E-state index is 15.0. The highest BCUT2D eigenvalue weighted by Gasteiger charge is 2.77. The van der Waals surface area contributed by atoms with E-state index >= 15 is 9.59 Å². The van der Waals surface area contributed by atoms with Gasteiger partial charge in [-0.25, -0.2) is 0 Å². The summed E-state index contributed by atoms with van der Waals surface area (Å²) < 4.78 is 13.1. The van der Waals surface area contributed by atoms with E-state index in [1.807, 2.05) is 78.9 Å². The summed E-state index contributed by atoms with van der Waals surface area (Å²) in [5, 5.41) is 13.9. The van der Waals surface area contributed by atoms with Crippen LogP contribution in [0.5, 0.6) is 0 Å². The third-order valence-electron chi connectivity index (χ3n) is 10.6. The summed E-state index contributed by atoms with van der Waals surface area (Å²) in [7, 11) is 0. The summed E-state index contributed by atoms with van der Waals surface area (Å²) in [6.07, 6.45) is 2.67. The van der Waals surface area contributed by atoms with Crippen LogP contribution in [0.4, 0.5) is 0 Å². The number of carbonyl (C=O) groups excluding carboxylic acids is 4. The molecule has 11 heteroatoms. The minimum absolute atomic E-state index is 0.198. The first-order chi connectivity index (χ1) is 25.6. The topological polar surface area (TPSA) is 125 Å². The Morgan fingerprint density at radius 3 is 2.25 bits per heavy atom. The van der Waals surface area contributed by atoms with E-state index < -0.39 is 66.3 Å². The molecule has 2 N–H and O–H groups in total. The number of hydrogen-bond donors (Lipinski definition) is 2. The highest BCUT2D eigenvalue weighted by Crippen LogP contribution is 2.61.